The molecule has 0 aliphatic rings. The van der Waals surface area contributed by atoms with Crippen molar-refractivity contribution in [2.24, 2.45) is 0 Å². The average molecular weight is 546 g/mol. The molecule has 34 heavy (non-hydrogen) atoms. The maximum Gasteiger partial charge on any atom is 0.234 e. The first-order valence-electron chi connectivity index (χ1n) is 10.9. The van der Waals surface area contributed by atoms with Gasteiger partial charge in [0.2, 0.25) is 5.91 Å². The predicted octanol–water partition coefficient (Wildman–Crippen LogP) is 5.86. The highest BCUT2D eigenvalue weighted by Gasteiger charge is 2.16. The second-order valence-electron chi connectivity index (χ2n) is 7.72. The highest BCUT2D eigenvalue weighted by molar-refractivity contribution is 9.10. The molecule has 0 saturated carbocycles. The molecule has 180 valence electrons. The zero-order chi connectivity index (χ0) is 24.7. The molecule has 1 heterocycles. The molecule has 0 aliphatic heterocycles. The normalized spacial score (nSPS) is 10.7. The summed E-state index contributed by atoms with van der Waals surface area (Å²) in [5.74, 6) is 2.06. The minimum absolute atomic E-state index is 0.124. The van der Waals surface area contributed by atoms with Crippen LogP contribution in [0.5, 0.6) is 11.5 Å². The fourth-order valence-corrected chi connectivity index (χ4v) is 4.51. The fraction of sp³-hybridized carbons (Fsp3) is 0.320. The molecule has 0 saturated heterocycles. The molecule has 1 amide bonds. The van der Waals surface area contributed by atoms with Gasteiger partial charge in [-0.2, -0.15) is 0 Å². The van der Waals surface area contributed by atoms with Crippen molar-refractivity contribution in [2.75, 3.05) is 17.7 Å². The molecule has 1 N–H and O–H groups in total. The summed E-state index contributed by atoms with van der Waals surface area (Å²) in [5.41, 5.74) is 4.11. The van der Waals surface area contributed by atoms with Crippen molar-refractivity contribution in [3.05, 3.63) is 70.0 Å². The first kappa shape index (κ1) is 25.8. The zero-order valence-corrected chi connectivity index (χ0v) is 22.3. The van der Waals surface area contributed by atoms with Gasteiger partial charge in [-0.25, -0.2) is 0 Å². The Morgan fingerprint density at radius 3 is 2.65 bits per heavy atom. The monoisotopic (exact) mass is 544 g/mol. The molecule has 0 unspecified atom stereocenters. The Kier molecular flexibility index (Phi) is 9.18. The quantitative estimate of drug-likeness (QED) is 0.240. The maximum atomic E-state index is 12.6. The molecule has 7 nitrogen and oxygen atoms in total. The summed E-state index contributed by atoms with van der Waals surface area (Å²) in [5, 5.41) is 12.1. The van der Waals surface area contributed by atoms with Gasteiger partial charge in [-0.05, 0) is 84.6 Å². The number of aromatic nitrogens is 3. The number of allylic oxidation sites excluding steroid dienone is 1. The van der Waals surface area contributed by atoms with E-state index in [1.54, 1.807) is 6.08 Å². The second kappa shape index (κ2) is 12.1. The van der Waals surface area contributed by atoms with E-state index in [-0.39, 0.29) is 18.3 Å². The molecule has 0 atom stereocenters. The number of halogens is 1. The van der Waals surface area contributed by atoms with Gasteiger partial charge < -0.3 is 14.8 Å². The number of nitrogens with zero attached hydrogens (tertiary/aromatic N) is 3. The molecule has 1 aromatic heterocycles. The zero-order valence-electron chi connectivity index (χ0n) is 19.9. The molecule has 0 fully saturated rings. The summed E-state index contributed by atoms with van der Waals surface area (Å²) in [6.07, 6.45) is 1.76. The molecule has 9 heteroatoms. The Morgan fingerprint density at radius 2 is 1.91 bits per heavy atom. The first-order valence-corrected chi connectivity index (χ1v) is 12.7. The van der Waals surface area contributed by atoms with Gasteiger partial charge in [0.05, 0.1) is 18.0 Å². The lowest BCUT2D eigenvalue weighted by Gasteiger charge is -2.13. The van der Waals surface area contributed by atoms with Gasteiger partial charge >= 0.3 is 0 Å². The van der Waals surface area contributed by atoms with E-state index in [2.05, 4.69) is 38.0 Å². The first-order chi connectivity index (χ1) is 16.3. The van der Waals surface area contributed by atoms with Gasteiger partial charge in [-0.3, -0.25) is 9.36 Å². The minimum atomic E-state index is -0.124. The largest absolute Gasteiger partial charge is 0.490 e. The average Bonchev–Trinajstić information content (AvgIpc) is 3.17. The van der Waals surface area contributed by atoms with Crippen molar-refractivity contribution in [1.29, 1.82) is 0 Å². The Bertz CT molecular complexity index is 1180. The van der Waals surface area contributed by atoms with Crippen LogP contribution in [0.1, 0.15) is 29.4 Å². The Hall–Kier alpha value is -2.78. The standard InChI is InChI=1S/C25H29BrN4O3S/c1-6-10-30-23(14-33-21-9-8-16(3)11-22(21)32-7-2)28-29-25(30)34-15-24(31)27-20-13-18(5)17(4)12-19(20)26/h6,8-9,11-13H,1,7,10,14-15H2,2-5H3,(H,27,31). The van der Waals surface area contributed by atoms with E-state index in [1.165, 1.54) is 11.8 Å². The number of carbonyl (C=O) groups excluding carboxylic acids is 1. The van der Waals surface area contributed by atoms with E-state index in [0.29, 0.717) is 35.6 Å². The van der Waals surface area contributed by atoms with Crippen LogP contribution in [0.2, 0.25) is 0 Å². The molecule has 0 bridgehead atoms. The van der Waals surface area contributed by atoms with E-state index in [4.69, 9.17) is 9.47 Å². The van der Waals surface area contributed by atoms with Crippen molar-refractivity contribution in [1.82, 2.24) is 14.8 Å². The Morgan fingerprint density at radius 1 is 1.15 bits per heavy atom. The van der Waals surface area contributed by atoms with Crippen LogP contribution in [0.4, 0.5) is 5.69 Å². The van der Waals surface area contributed by atoms with Crippen molar-refractivity contribution >= 4 is 39.3 Å². The molecule has 0 radical (unpaired) electrons. The van der Waals surface area contributed by atoms with Crippen LogP contribution in [-0.2, 0) is 17.9 Å². The fourth-order valence-electron chi connectivity index (χ4n) is 3.18. The number of benzene rings is 2. The number of carbonyl (C=O) groups is 1. The molecule has 3 aromatic rings. The third kappa shape index (κ3) is 6.64. The van der Waals surface area contributed by atoms with Crippen LogP contribution in [0, 0.1) is 20.8 Å². The summed E-state index contributed by atoms with van der Waals surface area (Å²) in [7, 11) is 0. The second-order valence-corrected chi connectivity index (χ2v) is 9.52. The summed E-state index contributed by atoms with van der Waals surface area (Å²) in [4.78, 5) is 12.6. The lowest BCUT2D eigenvalue weighted by Crippen LogP contribution is -2.15. The van der Waals surface area contributed by atoms with Crippen molar-refractivity contribution in [2.45, 2.75) is 46.0 Å². The van der Waals surface area contributed by atoms with E-state index in [1.807, 2.05) is 62.6 Å². The third-order valence-electron chi connectivity index (χ3n) is 5.05. The lowest BCUT2D eigenvalue weighted by atomic mass is 10.1. The summed E-state index contributed by atoms with van der Waals surface area (Å²) in [6.45, 7) is 13.1. The number of hydrogen-bond acceptors (Lipinski definition) is 6. The van der Waals surface area contributed by atoms with Gasteiger partial charge in [-0.1, -0.05) is 23.9 Å². The van der Waals surface area contributed by atoms with E-state index in [0.717, 1.165) is 26.9 Å². The van der Waals surface area contributed by atoms with Crippen LogP contribution >= 0.6 is 27.7 Å². The van der Waals surface area contributed by atoms with Crippen LogP contribution in [0.25, 0.3) is 0 Å². The maximum absolute atomic E-state index is 12.6. The topological polar surface area (TPSA) is 78.3 Å². The number of rotatable bonds is 11. The molecule has 0 aliphatic carbocycles. The van der Waals surface area contributed by atoms with E-state index < -0.39 is 0 Å². The number of thioether (sulfide) groups is 1. The van der Waals surface area contributed by atoms with Crippen LogP contribution in [0.3, 0.4) is 0 Å². The van der Waals surface area contributed by atoms with Crippen molar-refractivity contribution < 1.29 is 14.3 Å². The van der Waals surface area contributed by atoms with Crippen LogP contribution in [-0.4, -0.2) is 33.0 Å². The van der Waals surface area contributed by atoms with Crippen LogP contribution in [0.15, 0.2) is 52.6 Å². The van der Waals surface area contributed by atoms with Crippen LogP contribution < -0.4 is 14.8 Å². The van der Waals surface area contributed by atoms with E-state index in [9.17, 15) is 4.79 Å². The number of aryl methyl sites for hydroxylation is 3. The van der Waals surface area contributed by atoms with Gasteiger partial charge in [0.25, 0.3) is 0 Å². The highest BCUT2D eigenvalue weighted by Crippen LogP contribution is 2.30. The summed E-state index contributed by atoms with van der Waals surface area (Å²) >= 11 is 4.83. The number of ether oxygens (including phenoxy) is 2. The highest BCUT2D eigenvalue weighted by atomic mass is 79.9. The molecule has 0 spiro atoms. The summed E-state index contributed by atoms with van der Waals surface area (Å²) < 4.78 is 14.4. The predicted molar refractivity (Wildman–Crippen MR) is 140 cm³/mol. The smallest absolute Gasteiger partial charge is 0.234 e. The Labute approximate surface area is 213 Å². The van der Waals surface area contributed by atoms with Crippen molar-refractivity contribution in [3.8, 4) is 11.5 Å². The van der Waals surface area contributed by atoms with Gasteiger partial charge in [-0.15, -0.1) is 16.8 Å². The van der Waals surface area contributed by atoms with Gasteiger partial charge in [0.15, 0.2) is 22.5 Å². The molecule has 3 rings (SSSR count). The molecular weight excluding hydrogens is 516 g/mol. The molecule has 2 aromatic carbocycles. The number of anilines is 1. The Balaban J connectivity index is 1.66. The third-order valence-corrected chi connectivity index (χ3v) is 6.67. The lowest BCUT2D eigenvalue weighted by molar-refractivity contribution is -0.113. The number of hydrogen-bond donors (Lipinski definition) is 1. The number of amides is 1. The van der Waals surface area contributed by atoms with Crippen molar-refractivity contribution in [3.63, 3.8) is 0 Å². The van der Waals surface area contributed by atoms with E-state index >= 15 is 0 Å². The summed E-state index contributed by atoms with van der Waals surface area (Å²) in [6, 6.07) is 9.76. The minimum Gasteiger partial charge on any atom is -0.490 e. The SMILES string of the molecule is C=CCn1c(COc2ccc(C)cc2OCC)nnc1SCC(=O)Nc1cc(C)c(C)cc1Br. The molecular formula is C25H29BrN4O3S. The van der Waals surface area contributed by atoms with Gasteiger partial charge in [0.1, 0.15) is 6.61 Å². The van der Waals surface area contributed by atoms with Gasteiger partial charge in [0, 0.05) is 11.0 Å². The number of nitrogens with one attached hydrogen (secondary N) is 1.